The van der Waals surface area contributed by atoms with Crippen molar-refractivity contribution in [1.29, 1.82) is 5.26 Å². The molecule has 0 radical (unpaired) electrons. The molecule has 4 rings (SSSR count). The summed E-state index contributed by atoms with van der Waals surface area (Å²) in [5, 5.41) is 14.2. The Labute approximate surface area is 190 Å². The van der Waals surface area contributed by atoms with E-state index in [1.54, 1.807) is 36.0 Å². The normalized spacial score (nSPS) is 15.2. The summed E-state index contributed by atoms with van der Waals surface area (Å²) in [5.41, 5.74) is 2.98. The van der Waals surface area contributed by atoms with Crippen molar-refractivity contribution >= 4 is 17.9 Å². The van der Waals surface area contributed by atoms with Crippen LogP contribution >= 0.6 is 0 Å². The van der Waals surface area contributed by atoms with E-state index in [0.29, 0.717) is 22.4 Å². The first-order valence-corrected chi connectivity index (χ1v) is 10.2. The van der Waals surface area contributed by atoms with Crippen LogP contribution in [-0.4, -0.2) is 33.0 Å². The van der Waals surface area contributed by atoms with Gasteiger partial charge in [-0.25, -0.2) is 9.07 Å². The Balaban J connectivity index is 1.92. The van der Waals surface area contributed by atoms with Crippen LogP contribution in [0.4, 0.5) is 4.39 Å². The minimum absolute atomic E-state index is 0.0123. The molecule has 1 aromatic heterocycles. The molecule has 2 amide bonds. The van der Waals surface area contributed by atoms with Gasteiger partial charge in [0.2, 0.25) is 0 Å². The second-order valence-corrected chi connectivity index (χ2v) is 7.40. The van der Waals surface area contributed by atoms with Gasteiger partial charge in [0, 0.05) is 29.4 Å². The van der Waals surface area contributed by atoms with Gasteiger partial charge in [0.25, 0.3) is 11.8 Å². The van der Waals surface area contributed by atoms with Gasteiger partial charge in [0.1, 0.15) is 17.5 Å². The third kappa shape index (κ3) is 4.02. The lowest BCUT2D eigenvalue weighted by Crippen LogP contribution is -2.42. The van der Waals surface area contributed by atoms with Crippen molar-refractivity contribution in [2.24, 2.45) is 0 Å². The van der Waals surface area contributed by atoms with E-state index in [9.17, 15) is 19.2 Å². The minimum atomic E-state index is -0.643. The fourth-order valence-corrected chi connectivity index (χ4v) is 3.62. The molecule has 0 N–H and O–H groups in total. The molecular formula is C26H19FN4O2. The van der Waals surface area contributed by atoms with E-state index in [1.165, 1.54) is 18.2 Å². The summed E-state index contributed by atoms with van der Waals surface area (Å²) in [5.74, 6) is -1.54. The standard InChI is InChI=1S/C26H19FN4O2/c1-3-13-30-25(32)22(17(2)23(15-28)26(30)33)14-19-16-31(21-7-5-4-6-8-21)29-24(19)18-9-11-20(27)12-10-18/h3-12,14,16H,1,13H2,2H3/b22-14+. The molecule has 0 aliphatic carbocycles. The summed E-state index contributed by atoms with van der Waals surface area (Å²) in [6, 6.07) is 17.2. The average Bonchev–Trinajstić information content (AvgIpc) is 3.25. The molecule has 0 saturated carbocycles. The third-order valence-corrected chi connectivity index (χ3v) is 5.32. The van der Waals surface area contributed by atoms with Crippen molar-refractivity contribution in [2.75, 3.05) is 6.54 Å². The van der Waals surface area contributed by atoms with Gasteiger partial charge in [-0.1, -0.05) is 24.3 Å². The number of benzene rings is 2. The molecule has 0 unspecified atom stereocenters. The molecule has 2 heterocycles. The summed E-state index contributed by atoms with van der Waals surface area (Å²) in [6.07, 6.45) is 4.80. The lowest BCUT2D eigenvalue weighted by Gasteiger charge is -2.26. The van der Waals surface area contributed by atoms with Gasteiger partial charge < -0.3 is 0 Å². The van der Waals surface area contributed by atoms with E-state index >= 15 is 0 Å². The van der Waals surface area contributed by atoms with Crippen LogP contribution in [0.5, 0.6) is 0 Å². The van der Waals surface area contributed by atoms with Crippen LogP contribution in [0.3, 0.4) is 0 Å². The molecule has 0 bridgehead atoms. The molecule has 1 aliphatic heterocycles. The zero-order valence-electron chi connectivity index (χ0n) is 17.8. The molecule has 162 valence electrons. The zero-order valence-corrected chi connectivity index (χ0v) is 17.8. The second-order valence-electron chi connectivity index (χ2n) is 7.40. The van der Waals surface area contributed by atoms with Crippen molar-refractivity contribution in [3.05, 3.63) is 102 Å². The number of carbonyl (C=O) groups is 2. The number of carbonyl (C=O) groups excluding carboxylic acids is 2. The quantitative estimate of drug-likeness (QED) is 0.335. The minimum Gasteiger partial charge on any atom is -0.270 e. The summed E-state index contributed by atoms with van der Waals surface area (Å²) in [4.78, 5) is 26.7. The highest BCUT2D eigenvalue weighted by Gasteiger charge is 2.35. The largest absolute Gasteiger partial charge is 0.271 e. The van der Waals surface area contributed by atoms with E-state index in [2.05, 4.69) is 11.7 Å². The van der Waals surface area contributed by atoms with Gasteiger partial charge >= 0.3 is 0 Å². The first-order valence-electron chi connectivity index (χ1n) is 10.2. The maximum Gasteiger partial charge on any atom is 0.271 e. The van der Waals surface area contributed by atoms with Gasteiger partial charge in [-0.3, -0.25) is 14.5 Å². The summed E-state index contributed by atoms with van der Waals surface area (Å²) in [6.45, 7) is 5.15. The van der Waals surface area contributed by atoms with E-state index in [0.717, 1.165) is 10.6 Å². The van der Waals surface area contributed by atoms with Crippen LogP contribution in [0, 0.1) is 17.1 Å². The number of halogens is 1. The van der Waals surface area contributed by atoms with Crippen LogP contribution in [-0.2, 0) is 9.59 Å². The van der Waals surface area contributed by atoms with E-state index in [1.807, 2.05) is 36.4 Å². The van der Waals surface area contributed by atoms with Gasteiger partial charge in [-0.15, -0.1) is 6.58 Å². The van der Waals surface area contributed by atoms with Crippen molar-refractivity contribution < 1.29 is 14.0 Å². The monoisotopic (exact) mass is 438 g/mol. The van der Waals surface area contributed by atoms with Crippen LogP contribution in [0.1, 0.15) is 12.5 Å². The summed E-state index contributed by atoms with van der Waals surface area (Å²) < 4.78 is 15.2. The Kier molecular flexibility index (Phi) is 5.83. The number of nitrogens with zero attached hydrogens (tertiary/aromatic N) is 4. The SMILES string of the molecule is C=CCN1C(=O)C(C#N)=C(C)/C(=C\c2cn(-c3ccccc3)nc2-c2ccc(F)cc2)C1=O. The Morgan fingerprint density at radius 1 is 1.09 bits per heavy atom. The molecule has 6 nitrogen and oxygen atoms in total. The topological polar surface area (TPSA) is 79.0 Å². The van der Waals surface area contributed by atoms with Crippen LogP contribution in [0.2, 0.25) is 0 Å². The maximum absolute atomic E-state index is 13.5. The Morgan fingerprint density at radius 2 is 1.79 bits per heavy atom. The average molecular weight is 438 g/mol. The number of rotatable bonds is 5. The number of hydrogen-bond donors (Lipinski definition) is 0. The van der Waals surface area contributed by atoms with Crippen molar-refractivity contribution in [3.8, 4) is 23.0 Å². The molecule has 0 saturated heterocycles. The number of aromatic nitrogens is 2. The molecule has 33 heavy (non-hydrogen) atoms. The van der Waals surface area contributed by atoms with Crippen molar-refractivity contribution in [2.45, 2.75) is 6.92 Å². The predicted molar refractivity (Wildman–Crippen MR) is 122 cm³/mol. The fourth-order valence-electron chi connectivity index (χ4n) is 3.62. The molecule has 0 spiro atoms. The third-order valence-electron chi connectivity index (χ3n) is 5.32. The highest BCUT2D eigenvalue weighted by Crippen LogP contribution is 2.31. The van der Waals surface area contributed by atoms with Crippen LogP contribution in [0.15, 0.2) is 90.2 Å². The molecule has 7 heteroatoms. The molecule has 2 aromatic carbocycles. The molecule has 0 atom stereocenters. The van der Waals surface area contributed by atoms with Gasteiger partial charge in [-0.2, -0.15) is 10.4 Å². The van der Waals surface area contributed by atoms with E-state index < -0.39 is 11.8 Å². The Morgan fingerprint density at radius 3 is 2.42 bits per heavy atom. The van der Waals surface area contributed by atoms with Crippen molar-refractivity contribution in [1.82, 2.24) is 14.7 Å². The van der Waals surface area contributed by atoms with Crippen LogP contribution in [0.25, 0.3) is 23.0 Å². The highest BCUT2D eigenvalue weighted by atomic mass is 19.1. The molecule has 1 aliphatic rings. The molecule has 0 fully saturated rings. The zero-order chi connectivity index (χ0) is 23.5. The van der Waals surface area contributed by atoms with Gasteiger partial charge in [0.15, 0.2) is 0 Å². The predicted octanol–water partition coefficient (Wildman–Crippen LogP) is 4.46. The maximum atomic E-state index is 13.5. The first kappa shape index (κ1) is 21.7. The van der Waals surface area contributed by atoms with Crippen LogP contribution < -0.4 is 0 Å². The van der Waals surface area contributed by atoms with Gasteiger partial charge in [-0.05, 0) is 55.0 Å². The number of nitriles is 1. The number of imide groups is 1. The second kappa shape index (κ2) is 8.89. The van der Waals surface area contributed by atoms with Gasteiger partial charge in [0.05, 0.1) is 11.4 Å². The number of hydrogen-bond acceptors (Lipinski definition) is 4. The lowest BCUT2D eigenvalue weighted by atomic mass is 9.93. The Bertz CT molecular complexity index is 1360. The van der Waals surface area contributed by atoms with E-state index in [4.69, 9.17) is 0 Å². The Hall–Kier alpha value is -4.57. The molecule has 3 aromatic rings. The number of amides is 2. The lowest BCUT2D eigenvalue weighted by molar-refractivity contribution is -0.139. The summed E-state index contributed by atoms with van der Waals surface area (Å²) >= 11 is 0. The van der Waals surface area contributed by atoms with E-state index in [-0.39, 0.29) is 23.5 Å². The fraction of sp³-hybridized carbons (Fsp3) is 0.0769. The summed E-state index contributed by atoms with van der Waals surface area (Å²) in [7, 11) is 0. The highest BCUT2D eigenvalue weighted by molar-refractivity contribution is 6.19. The molecular weight excluding hydrogens is 419 g/mol. The van der Waals surface area contributed by atoms with Crippen molar-refractivity contribution in [3.63, 3.8) is 0 Å². The first-order chi connectivity index (χ1) is 15.9. The number of para-hydroxylation sites is 1. The smallest absolute Gasteiger partial charge is 0.270 e.